The maximum absolute atomic E-state index is 11.3. The molecule has 0 spiro atoms. The zero-order valence-corrected chi connectivity index (χ0v) is 9.45. The van der Waals surface area contributed by atoms with Crippen molar-refractivity contribution < 1.29 is 9.84 Å². The number of hydrogen-bond donors (Lipinski definition) is 2. The molecule has 1 aliphatic heterocycles. The summed E-state index contributed by atoms with van der Waals surface area (Å²) >= 11 is 2.94. The summed E-state index contributed by atoms with van der Waals surface area (Å²) in [5.41, 5.74) is -0.385. The molecular formula is C8H10BrN3O3. The summed E-state index contributed by atoms with van der Waals surface area (Å²) in [4.78, 5) is 19.7. The topological polar surface area (TPSA) is 78.5 Å². The first-order chi connectivity index (χ1) is 7.18. The Labute approximate surface area is 94.0 Å². The predicted molar refractivity (Wildman–Crippen MR) is 57.3 cm³/mol. The van der Waals surface area contributed by atoms with Crippen molar-refractivity contribution in [1.29, 1.82) is 0 Å². The lowest BCUT2D eigenvalue weighted by atomic mass is 10.4. The molecule has 1 aliphatic rings. The minimum atomic E-state index is -0.385. The van der Waals surface area contributed by atoms with Gasteiger partial charge < -0.3 is 14.7 Å². The van der Waals surface area contributed by atoms with E-state index in [1.807, 2.05) is 4.90 Å². The van der Waals surface area contributed by atoms with E-state index >= 15 is 0 Å². The number of aromatic hydroxyl groups is 1. The quantitative estimate of drug-likeness (QED) is 0.759. The summed E-state index contributed by atoms with van der Waals surface area (Å²) in [6, 6.07) is 0. The fourth-order valence-corrected chi connectivity index (χ4v) is 1.55. The molecule has 7 heteroatoms. The van der Waals surface area contributed by atoms with E-state index in [0.717, 1.165) is 0 Å². The average Bonchev–Trinajstić information content (AvgIpc) is 2.26. The number of ether oxygens (including phenoxy) is 1. The fourth-order valence-electron chi connectivity index (χ4n) is 1.36. The molecule has 1 saturated heterocycles. The van der Waals surface area contributed by atoms with Crippen LogP contribution in [0.1, 0.15) is 0 Å². The van der Waals surface area contributed by atoms with Crippen molar-refractivity contribution in [2.45, 2.75) is 0 Å². The van der Waals surface area contributed by atoms with Crippen molar-refractivity contribution in [3.05, 3.63) is 14.8 Å². The molecule has 0 unspecified atom stereocenters. The van der Waals surface area contributed by atoms with Crippen LogP contribution in [0, 0.1) is 0 Å². The van der Waals surface area contributed by atoms with Gasteiger partial charge in [-0.2, -0.15) is 4.98 Å². The average molecular weight is 276 g/mol. The highest BCUT2D eigenvalue weighted by Crippen LogP contribution is 2.18. The van der Waals surface area contributed by atoms with Crippen LogP contribution < -0.4 is 10.5 Å². The van der Waals surface area contributed by atoms with E-state index in [1.54, 1.807) is 0 Å². The first kappa shape index (κ1) is 10.4. The summed E-state index contributed by atoms with van der Waals surface area (Å²) in [7, 11) is 0. The van der Waals surface area contributed by atoms with E-state index in [2.05, 4.69) is 25.9 Å². The lowest BCUT2D eigenvalue weighted by molar-refractivity contribution is 0.122. The van der Waals surface area contributed by atoms with Gasteiger partial charge in [0.2, 0.25) is 11.8 Å². The Balaban J connectivity index is 2.32. The Bertz CT molecular complexity index is 414. The molecule has 0 bridgehead atoms. The van der Waals surface area contributed by atoms with E-state index in [9.17, 15) is 9.90 Å². The van der Waals surface area contributed by atoms with Gasteiger partial charge in [-0.3, -0.25) is 9.78 Å². The van der Waals surface area contributed by atoms with Gasteiger partial charge in [0.1, 0.15) is 4.47 Å². The van der Waals surface area contributed by atoms with Gasteiger partial charge in [0.15, 0.2) is 0 Å². The van der Waals surface area contributed by atoms with E-state index in [1.165, 1.54) is 0 Å². The second-order valence-corrected chi connectivity index (χ2v) is 3.92. The number of rotatable bonds is 1. The van der Waals surface area contributed by atoms with E-state index < -0.39 is 0 Å². The number of H-pyrrole nitrogens is 1. The number of nitrogens with zero attached hydrogens (tertiary/aromatic N) is 2. The van der Waals surface area contributed by atoms with E-state index in [-0.39, 0.29) is 15.9 Å². The second kappa shape index (κ2) is 4.19. The van der Waals surface area contributed by atoms with E-state index in [4.69, 9.17) is 4.74 Å². The normalized spacial score (nSPS) is 16.7. The summed E-state index contributed by atoms with van der Waals surface area (Å²) in [5.74, 6) is 0.0873. The third kappa shape index (κ3) is 2.13. The third-order valence-electron chi connectivity index (χ3n) is 2.14. The Morgan fingerprint density at radius 1 is 1.47 bits per heavy atom. The molecule has 82 valence electrons. The molecule has 2 rings (SSSR count). The van der Waals surface area contributed by atoms with Crippen LogP contribution in [0.3, 0.4) is 0 Å². The zero-order valence-electron chi connectivity index (χ0n) is 7.86. The highest BCUT2D eigenvalue weighted by Gasteiger charge is 2.16. The third-order valence-corrected chi connectivity index (χ3v) is 2.86. The van der Waals surface area contributed by atoms with Gasteiger partial charge in [0.05, 0.1) is 13.2 Å². The van der Waals surface area contributed by atoms with Gasteiger partial charge in [0.25, 0.3) is 5.56 Å². The van der Waals surface area contributed by atoms with Crippen LogP contribution in [0.5, 0.6) is 5.88 Å². The molecule has 1 aromatic rings. The van der Waals surface area contributed by atoms with Crippen LogP contribution >= 0.6 is 15.9 Å². The number of morpholine rings is 1. The zero-order chi connectivity index (χ0) is 10.8. The molecule has 0 amide bonds. The van der Waals surface area contributed by atoms with Crippen LogP contribution in [0.15, 0.2) is 9.27 Å². The SMILES string of the molecule is O=c1[nH]c(N2CCOCC2)nc(O)c1Br. The van der Waals surface area contributed by atoms with E-state index in [0.29, 0.717) is 32.3 Å². The monoisotopic (exact) mass is 275 g/mol. The molecular weight excluding hydrogens is 266 g/mol. The summed E-state index contributed by atoms with van der Waals surface area (Å²) in [6.45, 7) is 2.51. The molecule has 6 nitrogen and oxygen atoms in total. The fraction of sp³-hybridized carbons (Fsp3) is 0.500. The lowest BCUT2D eigenvalue weighted by Gasteiger charge is -2.27. The Morgan fingerprint density at radius 3 is 2.73 bits per heavy atom. The lowest BCUT2D eigenvalue weighted by Crippen LogP contribution is -2.38. The van der Waals surface area contributed by atoms with Gasteiger partial charge in [0, 0.05) is 13.1 Å². The van der Waals surface area contributed by atoms with Gasteiger partial charge in [-0.05, 0) is 15.9 Å². The molecule has 0 saturated carbocycles. The van der Waals surface area contributed by atoms with Crippen LogP contribution in [0.4, 0.5) is 5.95 Å². The van der Waals surface area contributed by atoms with Crippen molar-refractivity contribution in [3.8, 4) is 5.88 Å². The van der Waals surface area contributed by atoms with Crippen molar-refractivity contribution in [3.63, 3.8) is 0 Å². The Kier molecular flexibility index (Phi) is 2.92. The van der Waals surface area contributed by atoms with Crippen molar-refractivity contribution in [2.24, 2.45) is 0 Å². The molecule has 15 heavy (non-hydrogen) atoms. The van der Waals surface area contributed by atoms with Crippen LogP contribution in [-0.2, 0) is 4.74 Å². The van der Waals surface area contributed by atoms with Crippen LogP contribution in [0.25, 0.3) is 0 Å². The first-order valence-electron chi connectivity index (χ1n) is 4.50. The minimum Gasteiger partial charge on any atom is -0.492 e. The van der Waals surface area contributed by atoms with Gasteiger partial charge in [-0.15, -0.1) is 0 Å². The Hall–Kier alpha value is -1.08. The minimum absolute atomic E-state index is 0.0551. The molecule has 2 heterocycles. The molecule has 0 atom stereocenters. The van der Waals surface area contributed by atoms with Crippen LogP contribution in [0.2, 0.25) is 0 Å². The second-order valence-electron chi connectivity index (χ2n) is 3.13. The van der Waals surface area contributed by atoms with Crippen molar-refractivity contribution in [1.82, 2.24) is 9.97 Å². The molecule has 1 fully saturated rings. The summed E-state index contributed by atoms with van der Waals surface area (Å²) in [6.07, 6.45) is 0. The Morgan fingerprint density at radius 2 is 2.13 bits per heavy atom. The largest absolute Gasteiger partial charge is 0.492 e. The highest BCUT2D eigenvalue weighted by molar-refractivity contribution is 9.10. The molecule has 0 radical (unpaired) electrons. The van der Waals surface area contributed by atoms with Gasteiger partial charge >= 0.3 is 0 Å². The number of nitrogens with one attached hydrogen (secondary N) is 1. The van der Waals surface area contributed by atoms with Gasteiger partial charge in [-0.25, -0.2) is 0 Å². The maximum Gasteiger partial charge on any atom is 0.270 e. The molecule has 0 aromatic carbocycles. The summed E-state index contributed by atoms with van der Waals surface area (Å²) in [5, 5.41) is 9.38. The number of anilines is 1. The van der Waals surface area contributed by atoms with Crippen LogP contribution in [-0.4, -0.2) is 41.4 Å². The molecule has 1 aromatic heterocycles. The van der Waals surface area contributed by atoms with Gasteiger partial charge in [-0.1, -0.05) is 0 Å². The standard InChI is InChI=1S/C8H10BrN3O3/c9-5-6(13)10-8(11-7(5)14)12-1-3-15-4-2-12/h1-4H2,(H2,10,11,13,14). The number of aromatic nitrogens is 2. The maximum atomic E-state index is 11.3. The van der Waals surface area contributed by atoms with Crippen molar-refractivity contribution >= 4 is 21.9 Å². The highest BCUT2D eigenvalue weighted by atomic mass is 79.9. The molecule has 0 aliphatic carbocycles. The predicted octanol–water partition coefficient (Wildman–Crippen LogP) is 0.0746. The molecule has 2 N–H and O–H groups in total. The number of aromatic amines is 1. The smallest absolute Gasteiger partial charge is 0.270 e. The number of hydrogen-bond acceptors (Lipinski definition) is 5. The first-order valence-corrected chi connectivity index (χ1v) is 5.29. The summed E-state index contributed by atoms with van der Waals surface area (Å²) < 4.78 is 5.23. The van der Waals surface area contributed by atoms with Crippen molar-refractivity contribution in [2.75, 3.05) is 31.2 Å². The number of halogens is 1.